The van der Waals surface area contributed by atoms with Crippen molar-refractivity contribution in [3.63, 3.8) is 0 Å². The van der Waals surface area contributed by atoms with Gasteiger partial charge in [-0.15, -0.1) is 0 Å². The number of aryl methyl sites for hydroxylation is 2. The summed E-state index contributed by atoms with van der Waals surface area (Å²) in [5.41, 5.74) is 2.54. The first kappa shape index (κ1) is 18.9. The summed E-state index contributed by atoms with van der Waals surface area (Å²) in [6.45, 7) is 3.80. The van der Waals surface area contributed by atoms with Crippen LogP contribution in [0.3, 0.4) is 0 Å². The Hall–Kier alpha value is -3.45. The lowest BCUT2D eigenvalue weighted by Gasteiger charge is -2.22. The molecule has 2 aromatic carbocycles. The molecule has 0 saturated heterocycles. The molecule has 0 saturated carbocycles. The maximum absolute atomic E-state index is 13.3. The summed E-state index contributed by atoms with van der Waals surface area (Å²) < 4.78 is 1.26. The molecule has 7 nitrogen and oxygen atoms in total. The van der Waals surface area contributed by atoms with Crippen LogP contribution in [-0.2, 0) is 6.54 Å². The number of halogens is 1. The fraction of sp³-hybridized carbons (Fsp3) is 0.143. The first-order chi connectivity index (χ1) is 13.9. The number of rotatable bonds is 4. The average molecular weight is 408 g/mol. The van der Waals surface area contributed by atoms with Crippen LogP contribution in [0.1, 0.15) is 27.4 Å². The van der Waals surface area contributed by atoms with Gasteiger partial charge in [0.05, 0.1) is 6.54 Å². The van der Waals surface area contributed by atoms with Gasteiger partial charge in [0.2, 0.25) is 0 Å². The largest absolute Gasteiger partial charge is 0.301 e. The van der Waals surface area contributed by atoms with Gasteiger partial charge in [0.15, 0.2) is 0 Å². The van der Waals surface area contributed by atoms with Crippen molar-refractivity contribution in [2.45, 2.75) is 20.4 Å². The van der Waals surface area contributed by atoms with E-state index in [9.17, 15) is 9.59 Å². The van der Waals surface area contributed by atoms with Gasteiger partial charge < -0.3 is 4.90 Å². The van der Waals surface area contributed by atoms with Gasteiger partial charge in [-0.2, -0.15) is 9.50 Å². The van der Waals surface area contributed by atoms with Crippen molar-refractivity contribution in [1.82, 2.24) is 19.6 Å². The van der Waals surface area contributed by atoms with Crippen molar-refractivity contribution in [2.24, 2.45) is 0 Å². The van der Waals surface area contributed by atoms with Crippen molar-refractivity contribution in [3.05, 3.63) is 92.6 Å². The van der Waals surface area contributed by atoms with Gasteiger partial charge in [-0.1, -0.05) is 29.3 Å². The molecule has 0 unspecified atom stereocenters. The lowest BCUT2D eigenvalue weighted by Crippen LogP contribution is -2.31. The summed E-state index contributed by atoms with van der Waals surface area (Å²) in [4.78, 5) is 35.7. The number of fused-ring (bicyclic) bond motifs is 1. The second kappa shape index (κ2) is 7.52. The van der Waals surface area contributed by atoms with Gasteiger partial charge >= 0.3 is 0 Å². The predicted molar refractivity (Wildman–Crippen MR) is 111 cm³/mol. The van der Waals surface area contributed by atoms with Crippen LogP contribution in [0.5, 0.6) is 0 Å². The number of carbonyl (C=O) groups is 1. The van der Waals surface area contributed by atoms with E-state index in [1.165, 1.54) is 10.6 Å². The van der Waals surface area contributed by atoms with Crippen molar-refractivity contribution < 1.29 is 4.79 Å². The zero-order valence-electron chi connectivity index (χ0n) is 15.9. The third-order valence-corrected chi connectivity index (χ3v) is 4.71. The topological polar surface area (TPSA) is 83.4 Å². The number of anilines is 1. The highest BCUT2D eigenvalue weighted by Gasteiger charge is 2.20. The van der Waals surface area contributed by atoms with Crippen LogP contribution in [0, 0.1) is 13.8 Å². The fourth-order valence-corrected chi connectivity index (χ4v) is 3.22. The molecule has 2 aromatic heterocycles. The minimum atomic E-state index is -0.255. The molecule has 1 amide bonds. The van der Waals surface area contributed by atoms with Crippen molar-refractivity contribution >= 4 is 29.0 Å². The van der Waals surface area contributed by atoms with Crippen molar-refractivity contribution in [2.75, 3.05) is 4.90 Å². The second-order valence-electron chi connectivity index (χ2n) is 6.78. The molecule has 0 aliphatic rings. The van der Waals surface area contributed by atoms with Crippen molar-refractivity contribution in [1.29, 1.82) is 0 Å². The average Bonchev–Trinajstić information content (AvgIpc) is 3.09. The van der Waals surface area contributed by atoms with E-state index in [-0.39, 0.29) is 23.8 Å². The molecule has 146 valence electrons. The molecule has 0 radical (unpaired) electrons. The second-order valence-corrected chi connectivity index (χ2v) is 7.22. The number of hydrogen-bond acceptors (Lipinski definition) is 4. The molecular weight excluding hydrogens is 390 g/mol. The molecule has 0 fully saturated rings. The van der Waals surface area contributed by atoms with Crippen LogP contribution in [0.25, 0.3) is 5.78 Å². The lowest BCUT2D eigenvalue weighted by molar-refractivity contribution is 0.0984. The fourth-order valence-electron chi connectivity index (χ4n) is 3.09. The quantitative estimate of drug-likeness (QED) is 0.561. The van der Waals surface area contributed by atoms with E-state index in [2.05, 4.69) is 15.1 Å². The highest BCUT2D eigenvalue weighted by atomic mass is 35.5. The van der Waals surface area contributed by atoms with Crippen LogP contribution >= 0.6 is 11.6 Å². The van der Waals surface area contributed by atoms with Crippen LogP contribution in [0.4, 0.5) is 5.69 Å². The van der Waals surface area contributed by atoms with Gasteiger partial charge in [0.25, 0.3) is 17.2 Å². The molecule has 0 aliphatic heterocycles. The van der Waals surface area contributed by atoms with Crippen LogP contribution < -0.4 is 10.5 Å². The van der Waals surface area contributed by atoms with Crippen LogP contribution in [0.2, 0.25) is 5.02 Å². The Bertz CT molecular complexity index is 1260. The van der Waals surface area contributed by atoms with E-state index in [0.29, 0.717) is 27.8 Å². The molecule has 0 spiro atoms. The number of aromatic nitrogens is 4. The number of carbonyl (C=O) groups excluding carboxylic acids is 1. The van der Waals surface area contributed by atoms with Crippen LogP contribution in [0.15, 0.2) is 59.4 Å². The molecule has 29 heavy (non-hydrogen) atoms. The van der Waals surface area contributed by atoms with E-state index >= 15 is 0 Å². The lowest BCUT2D eigenvalue weighted by atomic mass is 10.1. The molecule has 0 aliphatic carbocycles. The Labute approximate surface area is 171 Å². The third-order valence-electron chi connectivity index (χ3n) is 4.46. The molecular formula is C21H18ClN5O2. The monoisotopic (exact) mass is 407 g/mol. The zero-order chi connectivity index (χ0) is 20.5. The molecule has 2 heterocycles. The highest BCUT2D eigenvalue weighted by Crippen LogP contribution is 2.22. The Balaban J connectivity index is 1.76. The van der Waals surface area contributed by atoms with E-state index in [1.54, 1.807) is 42.2 Å². The Kier molecular flexibility index (Phi) is 4.90. The smallest absolute Gasteiger partial charge is 0.274 e. The molecule has 4 aromatic rings. The zero-order valence-corrected chi connectivity index (χ0v) is 16.6. The Morgan fingerprint density at radius 2 is 1.86 bits per heavy atom. The number of H-pyrrole nitrogens is 1. The summed E-state index contributed by atoms with van der Waals surface area (Å²) in [6, 6.07) is 15.8. The van der Waals surface area contributed by atoms with Gasteiger partial charge in [0, 0.05) is 28.0 Å². The van der Waals surface area contributed by atoms with E-state index < -0.39 is 0 Å². The SMILES string of the molecule is Cc1cccc(C(=O)N(Cc2nc3nc(C)cc(=O)n3[nH]2)c2ccc(Cl)cc2)c1. The van der Waals surface area contributed by atoms with Crippen LogP contribution in [-0.4, -0.2) is 25.5 Å². The molecule has 0 atom stereocenters. The minimum Gasteiger partial charge on any atom is -0.301 e. The number of amides is 1. The normalized spacial score (nSPS) is 11.0. The van der Waals surface area contributed by atoms with Crippen molar-refractivity contribution in [3.8, 4) is 0 Å². The first-order valence-electron chi connectivity index (χ1n) is 9.00. The standard InChI is InChI=1S/C21H18ClN5O2/c1-13-4-3-5-15(10-13)20(29)26(17-8-6-16(22)7-9-17)12-18-24-21-23-14(2)11-19(28)27(21)25-18/h3-11H,12H2,1-2H3,(H,23,24,25). The minimum absolute atomic E-state index is 0.135. The maximum Gasteiger partial charge on any atom is 0.274 e. The number of aromatic amines is 1. The molecule has 8 heteroatoms. The summed E-state index contributed by atoms with van der Waals surface area (Å²) in [6.07, 6.45) is 0. The summed E-state index contributed by atoms with van der Waals surface area (Å²) in [5, 5.41) is 3.51. The summed E-state index contributed by atoms with van der Waals surface area (Å²) >= 11 is 6.01. The number of hydrogen-bond donors (Lipinski definition) is 1. The van der Waals surface area contributed by atoms with E-state index in [0.717, 1.165) is 5.56 Å². The number of benzene rings is 2. The molecule has 0 bridgehead atoms. The van der Waals surface area contributed by atoms with Gasteiger partial charge in [-0.25, -0.2) is 4.98 Å². The summed E-state index contributed by atoms with van der Waals surface area (Å²) in [5.74, 6) is 0.521. The Morgan fingerprint density at radius 1 is 1.10 bits per heavy atom. The summed E-state index contributed by atoms with van der Waals surface area (Å²) in [7, 11) is 0. The van der Waals surface area contributed by atoms with Gasteiger partial charge in [-0.05, 0) is 50.2 Å². The Morgan fingerprint density at radius 3 is 2.59 bits per heavy atom. The maximum atomic E-state index is 13.3. The molecule has 4 rings (SSSR count). The first-order valence-corrected chi connectivity index (χ1v) is 9.38. The highest BCUT2D eigenvalue weighted by molar-refractivity contribution is 6.30. The van der Waals surface area contributed by atoms with Gasteiger partial charge in [0.1, 0.15) is 5.82 Å². The third kappa shape index (κ3) is 3.90. The van der Waals surface area contributed by atoms with E-state index in [1.807, 2.05) is 25.1 Å². The number of nitrogens with zero attached hydrogens (tertiary/aromatic N) is 4. The van der Waals surface area contributed by atoms with E-state index in [4.69, 9.17) is 11.6 Å². The van der Waals surface area contributed by atoms with Gasteiger partial charge in [-0.3, -0.25) is 14.7 Å². The molecule has 1 N–H and O–H groups in total. The predicted octanol–water partition coefficient (Wildman–Crippen LogP) is 3.53. The number of nitrogens with one attached hydrogen (secondary N) is 1.